The number of hydrogen-bond acceptors (Lipinski definition) is 4. The third kappa shape index (κ3) is 3.74. The SMILES string of the molecule is CCC1CN=C(NCC(=O)N(C)CC)S1. The van der Waals surface area contributed by atoms with Crippen molar-refractivity contribution in [1.29, 1.82) is 0 Å². The van der Waals surface area contributed by atoms with Gasteiger partial charge >= 0.3 is 0 Å². The molecule has 0 aromatic heterocycles. The number of amides is 1. The summed E-state index contributed by atoms with van der Waals surface area (Å²) >= 11 is 1.74. The fraction of sp³-hybridized carbons (Fsp3) is 0.800. The van der Waals surface area contributed by atoms with Gasteiger partial charge in [0.25, 0.3) is 0 Å². The second kappa shape index (κ2) is 6.00. The first-order chi connectivity index (χ1) is 7.17. The van der Waals surface area contributed by atoms with Gasteiger partial charge in [0.15, 0.2) is 5.17 Å². The Labute approximate surface area is 95.5 Å². The van der Waals surface area contributed by atoms with E-state index < -0.39 is 0 Å². The largest absolute Gasteiger partial charge is 0.356 e. The molecule has 0 aliphatic carbocycles. The number of aliphatic imine (C=N–C) groups is 1. The summed E-state index contributed by atoms with van der Waals surface area (Å²) in [5.74, 6) is 0.112. The minimum atomic E-state index is 0.112. The summed E-state index contributed by atoms with van der Waals surface area (Å²) < 4.78 is 0. The summed E-state index contributed by atoms with van der Waals surface area (Å²) in [7, 11) is 1.81. The molecule has 0 radical (unpaired) electrons. The number of hydrogen-bond donors (Lipinski definition) is 1. The van der Waals surface area contributed by atoms with Gasteiger partial charge in [0.2, 0.25) is 5.91 Å². The Morgan fingerprint density at radius 1 is 1.67 bits per heavy atom. The Bertz CT molecular complexity index is 255. The van der Waals surface area contributed by atoms with Gasteiger partial charge in [0, 0.05) is 18.8 Å². The second-order valence-electron chi connectivity index (χ2n) is 3.56. The maximum atomic E-state index is 11.5. The topological polar surface area (TPSA) is 44.7 Å². The van der Waals surface area contributed by atoms with Crippen molar-refractivity contribution in [2.75, 3.05) is 26.7 Å². The summed E-state index contributed by atoms with van der Waals surface area (Å²) in [6.07, 6.45) is 1.13. The molecule has 0 saturated carbocycles. The molecule has 1 amide bonds. The van der Waals surface area contributed by atoms with E-state index in [2.05, 4.69) is 17.2 Å². The highest BCUT2D eigenvalue weighted by molar-refractivity contribution is 8.14. The van der Waals surface area contributed by atoms with E-state index in [1.807, 2.05) is 14.0 Å². The van der Waals surface area contributed by atoms with Crippen LogP contribution in [-0.2, 0) is 4.79 Å². The average molecular weight is 229 g/mol. The number of rotatable bonds is 4. The Morgan fingerprint density at radius 2 is 2.40 bits per heavy atom. The van der Waals surface area contributed by atoms with Crippen LogP contribution in [0, 0.1) is 0 Å². The minimum absolute atomic E-state index is 0.112. The van der Waals surface area contributed by atoms with Crippen LogP contribution in [0.1, 0.15) is 20.3 Å². The van der Waals surface area contributed by atoms with Crippen LogP contribution >= 0.6 is 11.8 Å². The van der Waals surface area contributed by atoms with Gasteiger partial charge in [-0.1, -0.05) is 18.7 Å². The van der Waals surface area contributed by atoms with Crippen LogP contribution in [-0.4, -0.2) is 47.9 Å². The summed E-state index contributed by atoms with van der Waals surface area (Å²) in [5, 5.41) is 4.59. The molecule has 1 aliphatic rings. The van der Waals surface area contributed by atoms with Gasteiger partial charge in [-0.2, -0.15) is 0 Å². The molecule has 4 nitrogen and oxygen atoms in total. The predicted octanol–water partition coefficient (Wildman–Crippen LogP) is 0.936. The van der Waals surface area contributed by atoms with E-state index in [0.717, 1.165) is 24.7 Å². The number of carbonyl (C=O) groups excluding carboxylic acids is 1. The molecule has 0 aromatic carbocycles. The van der Waals surface area contributed by atoms with E-state index in [9.17, 15) is 4.79 Å². The number of nitrogens with one attached hydrogen (secondary N) is 1. The van der Waals surface area contributed by atoms with Gasteiger partial charge in [0.1, 0.15) is 0 Å². The van der Waals surface area contributed by atoms with Crippen molar-refractivity contribution < 1.29 is 4.79 Å². The van der Waals surface area contributed by atoms with Gasteiger partial charge in [-0.15, -0.1) is 0 Å². The van der Waals surface area contributed by atoms with Crippen molar-refractivity contribution in [3.8, 4) is 0 Å². The molecule has 1 aliphatic heterocycles. The molecular weight excluding hydrogens is 210 g/mol. The molecule has 5 heteroatoms. The molecule has 15 heavy (non-hydrogen) atoms. The molecule has 1 heterocycles. The smallest absolute Gasteiger partial charge is 0.241 e. The highest BCUT2D eigenvalue weighted by atomic mass is 32.2. The maximum Gasteiger partial charge on any atom is 0.241 e. The van der Waals surface area contributed by atoms with Gasteiger partial charge in [-0.05, 0) is 13.3 Å². The first kappa shape index (κ1) is 12.4. The summed E-state index contributed by atoms with van der Waals surface area (Å²) in [6, 6.07) is 0. The minimum Gasteiger partial charge on any atom is -0.356 e. The van der Waals surface area contributed by atoms with E-state index >= 15 is 0 Å². The molecule has 1 rings (SSSR count). The van der Waals surface area contributed by atoms with E-state index in [1.165, 1.54) is 0 Å². The van der Waals surface area contributed by atoms with Crippen LogP contribution in [0.4, 0.5) is 0 Å². The Hall–Kier alpha value is -0.710. The second-order valence-corrected chi connectivity index (χ2v) is 4.84. The summed E-state index contributed by atoms with van der Waals surface area (Å²) in [6.45, 7) is 6.10. The van der Waals surface area contributed by atoms with Crippen LogP contribution in [0.5, 0.6) is 0 Å². The lowest BCUT2D eigenvalue weighted by atomic mass is 10.3. The van der Waals surface area contributed by atoms with E-state index in [-0.39, 0.29) is 5.91 Å². The molecular formula is C10H19N3OS. The van der Waals surface area contributed by atoms with Gasteiger partial charge in [-0.25, -0.2) is 0 Å². The van der Waals surface area contributed by atoms with Crippen LogP contribution in [0.2, 0.25) is 0 Å². The third-order valence-corrected chi connectivity index (χ3v) is 3.78. The highest BCUT2D eigenvalue weighted by Crippen LogP contribution is 2.21. The number of carbonyl (C=O) groups is 1. The summed E-state index contributed by atoms with van der Waals surface area (Å²) in [5.41, 5.74) is 0. The van der Waals surface area contributed by atoms with Crippen LogP contribution in [0.15, 0.2) is 4.99 Å². The van der Waals surface area contributed by atoms with Crippen LogP contribution in [0.25, 0.3) is 0 Å². The maximum absolute atomic E-state index is 11.5. The van der Waals surface area contributed by atoms with Crippen LogP contribution in [0.3, 0.4) is 0 Å². The van der Waals surface area contributed by atoms with Gasteiger partial charge in [0.05, 0.1) is 13.1 Å². The fourth-order valence-electron chi connectivity index (χ4n) is 1.19. The van der Waals surface area contributed by atoms with E-state index in [0.29, 0.717) is 11.8 Å². The first-order valence-corrected chi connectivity index (χ1v) is 6.24. The van der Waals surface area contributed by atoms with Crippen molar-refractivity contribution in [1.82, 2.24) is 10.2 Å². The molecule has 0 aromatic rings. The lowest BCUT2D eigenvalue weighted by Crippen LogP contribution is -2.36. The molecule has 1 atom stereocenters. The summed E-state index contributed by atoms with van der Waals surface area (Å²) in [4.78, 5) is 17.5. The van der Waals surface area contributed by atoms with E-state index in [1.54, 1.807) is 16.7 Å². The van der Waals surface area contributed by atoms with Crippen LogP contribution < -0.4 is 5.32 Å². The molecule has 1 N–H and O–H groups in total. The van der Waals surface area contributed by atoms with Crippen molar-refractivity contribution in [3.63, 3.8) is 0 Å². The zero-order valence-corrected chi connectivity index (χ0v) is 10.4. The number of amidine groups is 1. The fourth-order valence-corrected chi connectivity index (χ4v) is 2.13. The lowest BCUT2D eigenvalue weighted by molar-refractivity contribution is -0.128. The average Bonchev–Trinajstić information content (AvgIpc) is 2.72. The molecule has 0 bridgehead atoms. The quantitative estimate of drug-likeness (QED) is 0.780. The van der Waals surface area contributed by atoms with Crippen molar-refractivity contribution >= 4 is 22.8 Å². The van der Waals surface area contributed by atoms with E-state index in [4.69, 9.17) is 0 Å². The molecule has 0 fully saturated rings. The number of thioether (sulfide) groups is 1. The zero-order chi connectivity index (χ0) is 11.3. The predicted molar refractivity (Wildman–Crippen MR) is 65.3 cm³/mol. The normalized spacial score (nSPS) is 19.9. The van der Waals surface area contributed by atoms with Crippen molar-refractivity contribution in [3.05, 3.63) is 0 Å². The number of nitrogens with zero attached hydrogens (tertiary/aromatic N) is 2. The molecule has 0 saturated heterocycles. The Balaban J connectivity index is 2.24. The van der Waals surface area contributed by atoms with Crippen molar-refractivity contribution in [2.24, 2.45) is 4.99 Å². The van der Waals surface area contributed by atoms with Gasteiger partial charge < -0.3 is 10.2 Å². The zero-order valence-electron chi connectivity index (χ0n) is 9.62. The first-order valence-electron chi connectivity index (χ1n) is 5.36. The number of likely N-dealkylation sites (N-methyl/N-ethyl adjacent to an activating group) is 1. The van der Waals surface area contributed by atoms with Gasteiger partial charge in [-0.3, -0.25) is 9.79 Å². The Morgan fingerprint density at radius 3 is 2.93 bits per heavy atom. The third-order valence-electron chi connectivity index (χ3n) is 2.46. The standard InChI is InChI=1S/C10H19N3OS/c1-4-8-6-11-10(15-8)12-7-9(14)13(3)5-2/h8H,4-7H2,1-3H3,(H,11,12). The highest BCUT2D eigenvalue weighted by Gasteiger charge is 2.18. The molecule has 0 spiro atoms. The Kier molecular flexibility index (Phi) is 4.94. The molecule has 1 unspecified atom stereocenters. The molecule has 86 valence electrons. The van der Waals surface area contributed by atoms with Crippen molar-refractivity contribution in [2.45, 2.75) is 25.5 Å². The lowest BCUT2D eigenvalue weighted by Gasteiger charge is -2.15. The monoisotopic (exact) mass is 229 g/mol.